The summed E-state index contributed by atoms with van der Waals surface area (Å²) in [4.78, 5) is 13.1. The summed E-state index contributed by atoms with van der Waals surface area (Å²) in [5, 5.41) is 10.6. The van der Waals surface area contributed by atoms with Gasteiger partial charge in [-0.15, -0.1) is 0 Å². The lowest BCUT2D eigenvalue weighted by Crippen LogP contribution is -2.31. The molecule has 0 N–H and O–H groups in total. The van der Waals surface area contributed by atoms with Crippen molar-refractivity contribution in [1.29, 1.82) is 0 Å². The molecule has 0 spiro atoms. The van der Waals surface area contributed by atoms with Gasteiger partial charge in [-0.2, -0.15) is 10.2 Å². The fraction of sp³-hybridized carbons (Fsp3) is 0.421. The van der Waals surface area contributed by atoms with Gasteiger partial charge in [0.25, 0.3) is 5.56 Å². The zero-order valence-corrected chi connectivity index (χ0v) is 16.0. The summed E-state index contributed by atoms with van der Waals surface area (Å²) in [6.45, 7) is 10.6. The van der Waals surface area contributed by atoms with E-state index in [4.69, 9.17) is 11.6 Å². The van der Waals surface area contributed by atoms with Crippen molar-refractivity contribution >= 4 is 22.5 Å². The topological polar surface area (TPSA) is 52.7 Å². The summed E-state index contributed by atoms with van der Waals surface area (Å²) in [5.41, 5.74) is 2.01. The van der Waals surface area contributed by atoms with Crippen LogP contribution in [0.25, 0.3) is 10.9 Å². The van der Waals surface area contributed by atoms with Crippen LogP contribution in [0.2, 0.25) is 5.02 Å². The largest absolute Gasteiger partial charge is 0.293 e. The molecule has 0 saturated heterocycles. The van der Waals surface area contributed by atoms with Crippen LogP contribution in [0.5, 0.6) is 0 Å². The van der Waals surface area contributed by atoms with E-state index in [0.29, 0.717) is 17.1 Å². The Bertz CT molecular complexity index is 979. The predicted molar refractivity (Wildman–Crippen MR) is 101 cm³/mol. The second-order valence-electron chi connectivity index (χ2n) is 7.62. The quantitative estimate of drug-likeness (QED) is 0.706. The SMILES string of the molecule is CC(C)c1nn(Cc2cccc(Cl)c2)c(=O)c2c1cnn2C(C)(C)C. The molecule has 0 aliphatic rings. The molecule has 0 radical (unpaired) electrons. The van der Waals surface area contributed by atoms with E-state index in [1.54, 1.807) is 10.9 Å². The monoisotopic (exact) mass is 358 g/mol. The predicted octanol–water partition coefficient (Wildman–Crippen LogP) is 4.17. The Morgan fingerprint density at radius 3 is 2.56 bits per heavy atom. The van der Waals surface area contributed by atoms with Gasteiger partial charge < -0.3 is 0 Å². The van der Waals surface area contributed by atoms with Gasteiger partial charge in [-0.05, 0) is 44.4 Å². The van der Waals surface area contributed by atoms with Crippen LogP contribution in [-0.4, -0.2) is 19.6 Å². The van der Waals surface area contributed by atoms with Gasteiger partial charge in [0, 0.05) is 10.4 Å². The molecule has 2 aromatic heterocycles. The molecule has 3 rings (SSSR count). The second-order valence-corrected chi connectivity index (χ2v) is 8.06. The van der Waals surface area contributed by atoms with Crippen molar-refractivity contribution in [2.24, 2.45) is 0 Å². The third-order valence-electron chi connectivity index (χ3n) is 4.11. The van der Waals surface area contributed by atoms with E-state index in [0.717, 1.165) is 16.6 Å². The second kappa shape index (κ2) is 6.30. The Morgan fingerprint density at radius 1 is 1.24 bits per heavy atom. The standard InChI is InChI=1S/C19H23ClN4O/c1-12(2)16-15-10-21-24(19(3,4)5)17(15)18(25)23(22-16)11-13-7-6-8-14(20)9-13/h6-10,12H,11H2,1-5H3. The van der Waals surface area contributed by atoms with E-state index in [9.17, 15) is 4.79 Å². The third-order valence-corrected chi connectivity index (χ3v) is 4.35. The van der Waals surface area contributed by atoms with Crippen LogP contribution in [0.4, 0.5) is 0 Å². The number of halogens is 1. The van der Waals surface area contributed by atoms with E-state index in [-0.39, 0.29) is 17.0 Å². The molecule has 6 heteroatoms. The zero-order valence-electron chi connectivity index (χ0n) is 15.2. The van der Waals surface area contributed by atoms with Crippen LogP contribution < -0.4 is 5.56 Å². The van der Waals surface area contributed by atoms with E-state index in [1.807, 2.05) is 45.0 Å². The van der Waals surface area contributed by atoms with Crippen molar-refractivity contribution in [3.8, 4) is 0 Å². The lowest BCUT2D eigenvalue weighted by atomic mass is 10.1. The Labute approximate surface area is 152 Å². The lowest BCUT2D eigenvalue weighted by molar-refractivity contribution is 0.366. The van der Waals surface area contributed by atoms with Gasteiger partial charge in [-0.1, -0.05) is 37.6 Å². The maximum atomic E-state index is 13.1. The third kappa shape index (κ3) is 3.33. The minimum atomic E-state index is -0.287. The Hall–Kier alpha value is -2.14. The van der Waals surface area contributed by atoms with E-state index in [1.165, 1.54) is 4.68 Å². The van der Waals surface area contributed by atoms with Crippen LogP contribution in [0.15, 0.2) is 35.3 Å². The highest BCUT2D eigenvalue weighted by Crippen LogP contribution is 2.25. The molecule has 25 heavy (non-hydrogen) atoms. The van der Waals surface area contributed by atoms with Crippen LogP contribution >= 0.6 is 11.6 Å². The van der Waals surface area contributed by atoms with Gasteiger partial charge in [0.2, 0.25) is 0 Å². The average molecular weight is 359 g/mol. The number of hydrogen-bond acceptors (Lipinski definition) is 3. The lowest BCUT2D eigenvalue weighted by Gasteiger charge is -2.21. The van der Waals surface area contributed by atoms with Gasteiger partial charge >= 0.3 is 0 Å². The van der Waals surface area contributed by atoms with Crippen LogP contribution in [0.3, 0.4) is 0 Å². The summed E-state index contributed by atoms with van der Waals surface area (Å²) >= 11 is 6.07. The van der Waals surface area contributed by atoms with Gasteiger partial charge in [0.05, 0.1) is 24.0 Å². The van der Waals surface area contributed by atoms with E-state index >= 15 is 0 Å². The smallest absolute Gasteiger partial charge is 0.265 e. The first kappa shape index (κ1) is 17.7. The van der Waals surface area contributed by atoms with Gasteiger partial charge in [-0.3, -0.25) is 9.48 Å². The van der Waals surface area contributed by atoms with Crippen LogP contribution in [0, 0.1) is 0 Å². The average Bonchev–Trinajstić information content (AvgIpc) is 2.95. The minimum Gasteiger partial charge on any atom is -0.265 e. The summed E-state index contributed by atoms with van der Waals surface area (Å²) in [6.07, 6.45) is 1.76. The first-order valence-electron chi connectivity index (χ1n) is 8.42. The van der Waals surface area contributed by atoms with Gasteiger partial charge in [0.1, 0.15) is 5.52 Å². The van der Waals surface area contributed by atoms with E-state index in [2.05, 4.69) is 24.0 Å². The van der Waals surface area contributed by atoms with Crippen LogP contribution in [0.1, 0.15) is 51.8 Å². The van der Waals surface area contributed by atoms with Crippen LogP contribution in [-0.2, 0) is 12.1 Å². The zero-order chi connectivity index (χ0) is 18.4. The highest BCUT2D eigenvalue weighted by Gasteiger charge is 2.23. The van der Waals surface area contributed by atoms with Crippen molar-refractivity contribution in [3.63, 3.8) is 0 Å². The molecule has 0 amide bonds. The summed E-state index contributed by atoms with van der Waals surface area (Å²) < 4.78 is 3.32. The fourth-order valence-corrected chi connectivity index (χ4v) is 3.16. The number of benzene rings is 1. The number of rotatable bonds is 3. The van der Waals surface area contributed by atoms with Crippen molar-refractivity contribution in [2.75, 3.05) is 0 Å². The Morgan fingerprint density at radius 2 is 1.96 bits per heavy atom. The van der Waals surface area contributed by atoms with Crippen molar-refractivity contribution in [3.05, 3.63) is 57.1 Å². The summed E-state index contributed by atoms with van der Waals surface area (Å²) in [6, 6.07) is 7.50. The number of fused-ring (bicyclic) bond motifs is 1. The molecule has 0 aliphatic heterocycles. The molecule has 0 aliphatic carbocycles. The molecule has 0 saturated carbocycles. The molecule has 2 heterocycles. The van der Waals surface area contributed by atoms with Gasteiger partial charge in [0.15, 0.2) is 0 Å². The highest BCUT2D eigenvalue weighted by atomic mass is 35.5. The first-order valence-corrected chi connectivity index (χ1v) is 8.80. The highest BCUT2D eigenvalue weighted by molar-refractivity contribution is 6.30. The number of nitrogens with zero attached hydrogens (tertiary/aromatic N) is 4. The molecule has 132 valence electrons. The Kier molecular flexibility index (Phi) is 4.45. The molecule has 0 atom stereocenters. The molecule has 5 nitrogen and oxygen atoms in total. The minimum absolute atomic E-state index is 0.133. The number of hydrogen-bond donors (Lipinski definition) is 0. The molecule has 0 bridgehead atoms. The first-order chi connectivity index (χ1) is 11.7. The fourth-order valence-electron chi connectivity index (χ4n) is 2.94. The van der Waals surface area contributed by atoms with E-state index < -0.39 is 0 Å². The molecule has 0 unspecified atom stereocenters. The summed E-state index contributed by atoms with van der Waals surface area (Å²) in [5.74, 6) is 0.186. The van der Waals surface area contributed by atoms with Crippen molar-refractivity contribution in [2.45, 2.75) is 52.6 Å². The van der Waals surface area contributed by atoms with Gasteiger partial charge in [-0.25, -0.2) is 4.68 Å². The molecule has 1 aromatic carbocycles. The maximum absolute atomic E-state index is 13.1. The molecule has 0 fully saturated rings. The maximum Gasteiger partial charge on any atom is 0.293 e. The molecular formula is C19H23ClN4O. The normalized spacial score (nSPS) is 12.3. The van der Waals surface area contributed by atoms with Crippen molar-refractivity contribution < 1.29 is 0 Å². The Balaban J connectivity index is 2.25. The molecule has 3 aromatic rings. The van der Waals surface area contributed by atoms with Crippen molar-refractivity contribution in [1.82, 2.24) is 19.6 Å². The number of aromatic nitrogens is 4. The molecular weight excluding hydrogens is 336 g/mol. The summed E-state index contributed by atoms with van der Waals surface area (Å²) in [7, 11) is 0.